The second kappa shape index (κ2) is 6.02. The van der Waals surface area contributed by atoms with Crippen LogP contribution in [0.4, 0.5) is 11.4 Å². The molecule has 0 radical (unpaired) electrons. The molecule has 19 heavy (non-hydrogen) atoms. The van der Waals surface area contributed by atoms with Crippen LogP contribution in [0.2, 0.25) is 20.1 Å². The van der Waals surface area contributed by atoms with E-state index in [4.69, 9.17) is 52.1 Å². The minimum Gasteiger partial charge on any atom is -0.396 e. The molecule has 0 aromatic heterocycles. The van der Waals surface area contributed by atoms with E-state index in [1.165, 1.54) is 0 Å². The first-order valence-corrected chi connectivity index (χ1v) is 6.72. The molecule has 6 heteroatoms. The average Bonchev–Trinajstić information content (AvgIpc) is 2.34. The molecule has 2 aromatic carbocycles. The van der Waals surface area contributed by atoms with Gasteiger partial charge in [-0.1, -0.05) is 52.5 Å². The molecule has 2 N–H and O–H groups in total. The van der Waals surface area contributed by atoms with Gasteiger partial charge >= 0.3 is 0 Å². The number of hydrogen-bond donors (Lipinski definition) is 1. The van der Waals surface area contributed by atoms with Crippen LogP contribution in [-0.2, 0) is 0 Å². The summed E-state index contributed by atoms with van der Waals surface area (Å²) in [7, 11) is 0. The highest BCUT2D eigenvalue weighted by Gasteiger charge is 2.04. The third-order valence-corrected chi connectivity index (χ3v) is 3.57. The van der Waals surface area contributed by atoms with Gasteiger partial charge in [-0.15, -0.1) is 0 Å². The molecule has 0 bridgehead atoms. The van der Waals surface area contributed by atoms with E-state index in [2.05, 4.69) is 4.99 Å². The Bertz CT molecular complexity index is 630. The summed E-state index contributed by atoms with van der Waals surface area (Å²) in [5.74, 6) is 0. The second-order valence-corrected chi connectivity index (χ2v) is 5.41. The summed E-state index contributed by atoms with van der Waals surface area (Å²) < 4.78 is 0. The Morgan fingerprint density at radius 3 is 2.11 bits per heavy atom. The summed E-state index contributed by atoms with van der Waals surface area (Å²) in [6.45, 7) is 0. The first kappa shape index (κ1) is 14.5. The van der Waals surface area contributed by atoms with Crippen LogP contribution in [0.5, 0.6) is 0 Å². The van der Waals surface area contributed by atoms with Crippen molar-refractivity contribution in [3.63, 3.8) is 0 Å². The lowest BCUT2D eigenvalue weighted by Crippen LogP contribution is -1.87. The van der Waals surface area contributed by atoms with Gasteiger partial charge in [-0.25, -0.2) is 0 Å². The van der Waals surface area contributed by atoms with Crippen LogP contribution in [-0.4, -0.2) is 6.21 Å². The lowest BCUT2D eigenvalue weighted by atomic mass is 10.2. The molecule has 0 aliphatic carbocycles. The molecule has 0 saturated heterocycles. The van der Waals surface area contributed by atoms with Gasteiger partial charge in [0, 0.05) is 16.8 Å². The van der Waals surface area contributed by atoms with Gasteiger partial charge in [0.05, 0.1) is 26.4 Å². The summed E-state index contributed by atoms with van der Waals surface area (Å²) in [6, 6.07) is 8.41. The number of aliphatic imine (C=N–C) groups is 1. The summed E-state index contributed by atoms with van der Waals surface area (Å²) in [5.41, 5.74) is 7.33. The van der Waals surface area contributed by atoms with Gasteiger partial charge in [-0.2, -0.15) is 0 Å². The maximum absolute atomic E-state index is 6.04. The zero-order valence-electron chi connectivity index (χ0n) is 9.50. The minimum absolute atomic E-state index is 0.340. The second-order valence-electron chi connectivity index (χ2n) is 3.75. The van der Waals surface area contributed by atoms with Crippen molar-refractivity contribution in [3.8, 4) is 0 Å². The van der Waals surface area contributed by atoms with Crippen molar-refractivity contribution in [2.24, 2.45) is 4.99 Å². The van der Waals surface area contributed by atoms with E-state index in [0.29, 0.717) is 31.5 Å². The average molecular weight is 334 g/mol. The normalized spacial score (nSPS) is 11.2. The van der Waals surface area contributed by atoms with Crippen LogP contribution in [0.1, 0.15) is 5.56 Å². The van der Waals surface area contributed by atoms with Gasteiger partial charge in [-0.3, -0.25) is 4.99 Å². The maximum Gasteiger partial charge on any atom is 0.0694 e. The Balaban J connectivity index is 2.32. The molecule has 0 fully saturated rings. The van der Waals surface area contributed by atoms with Crippen LogP contribution in [0, 0.1) is 0 Å². The van der Waals surface area contributed by atoms with E-state index in [9.17, 15) is 0 Å². The van der Waals surface area contributed by atoms with Crippen molar-refractivity contribution in [1.82, 2.24) is 0 Å². The summed E-state index contributed by atoms with van der Waals surface area (Å²) >= 11 is 23.7. The Hall–Kier alpha value is -0.930. The highest BCUT2D eigenvalue weighted by molar-refractivity contribution is 6.39. The maximum atomic E-state index is 6.04. The standard InChI is InChI=1S/C13H8Cl4N2/c14-8-2-1-7(10(15)3-8)6-19-9-4-11(16)13(18)12(17)5-9/h1-6H,18H2. The molecule has 98 valence electrons. The lowest BCUT2D eigenvalue weighted by Gasteiger charge is -2.03. The number of nitrogens with zero attached hydrogens (tertiary/aromatic N) is 1. The SMILES string of the molecule is Nc1c(Cl)cc(N=Cc2ccc(Cl)cc2Cl)cc1Cl. The van der Waals surface area contributed by atoms with Crippen molar-refractivity contribution in [2.75, 3.05) is 5.73 Å². The van der Waals surface area contributed by atoms with Crippen LogP contribution in [0.25, 0.3) is 0 Å². The zero-order valence-corrected chi connectivity index (χ0v) is 12.5. The van der Waals surface area contributed by atoms with Gasteiger partial charge in [0.15, 0.2) is 0 Å². The molecule has 0 aliphatic heterocycles. The molecule has 0 amide bonds. The van der Waals surface area contributed by atoms with E-state index in [-0.39, 0.29) is 0 Å². The topological polar surface area (TPSA) is 38.4 Å². The fourth-order valence-corrected chi connectivity index (χ4v) is 2.33. The Kier molecular flexibility index (Phi) is 4.58. The van der Waals surface area contributed by atoms with E-state index in [1.807, 2.05) is 0 Å². The smallest absolute Gasteiger partial charge is 0.0694 e. The fourth-order valence-electron chi connectivity index (χ4n) is 1.40. The predicted octanol–water partition coefficient (Wildman–Crippen LogP) is 5.63. The summed E-state index contributed by atoms with van der Waals surface area (Å²) in [5, 5.41) is 1.81. The zero-order chi connectivity index (χ0) is 14.0. The van der Waals surface area contributed by atoms with Crippen LogP contribution in [0.3, 0.4) is 0 Å². The van der Waals surface area contributed by atoms with Gasteiger partial charge in [0.25, 0.3) is 0 Å². The molecule has 0 unspecified atom stereocenters. The number of anilines is 1. The molecule has 0 aliphatic rings. The van der Waals surface area contributed by atoms with Crippen molar-refractivity contribution >= 4 is 64.0 Å². The molecule has 2 nitrogen and oxygen atoms in total. The molecular formula is C13H8Cl4N2. The van der Waals surface area contributed by atoms with Crippen molar-refractivity contribution in [3.05, 3.63) is 56.0 Å². The van der Waals surface area contributed by atoms with Crippen molar-refractivity contribution in [2.45, 2.75) is 0 Å². The predicted molar refractivity (Wildman–Crippen MR) is 84.6 cm³/mol. The van der Waals surface area contributed by atoms with Gasteiger partial charge in [0.2, 0.25) is 0 Å². The summed E-state index contributed by atoms with van der Waals surface area (Å²) in [6.07, 6.45) is 1.61. The number of hydrogen-bond acceptors (Lipinski definition) is 2. The van der Waals surface area contributed by atoms with Gasteiger partial charge < -0.3 is 5.73 Å². The fraction of sp³-hybridized carbons (Fsp3) is 0. The Morgan fingerprint density at radius 1 is 0.895 bits per heavy atom. The van der Waals surface area contributed by atoms with E-state index in [1.54, 1.807) is 36.5 Å². The molecular weight excluding hydrogens is 326 g/mol. The molecule has 0 heterocycles. The number of halogens is 4. The van der Waals surface area contributed by atoms with E-state index < -0.39 is 0 Å². The van der Waals surface area contributed by atoms with E-state index >= 15 is 0 Å². The van der Waals surface area contributed by atoms with Crippen LogP contribution in [0.15, 0.2) is 35.3 Å². The van der Waals surface area contributed by atoms with Gasteiger partial charge in [-0.05, 0) is 24.3 Å². The quantitative estimate of drug-likeness (QED) is 0.561. The third kappa shape index (κ3) is 3.54. The Labute approximate surface area is 130 Å². The first-order valence-electron chi connectivity index (χ1n) is 5.21. The molecule has 0 saturated carbocycles. The third-order valence-electron chi connectivity index (χ3n) is 2.38. The number of rotatable bonds is 2. The van der Waals surface area contributed by atoms with Crippen molar-refractivity contribution < 1.29 is 0 Å². The highest BCUT2D eigenvalue weighted by atomic mass is 35.5. The Morgan fingerprint density at radius 2 is 1.53 bits per heavy atom. The minimum atomic E-state index is 0.340. The van der Waals surface area contributed by atoms with Crippen molar-refractivity contribution in [1.29, 1.82) is 0 Å². The first-order chi connectivity index (χ1) is 8.97. The van der Waals surface area contributed by atoms with E-state index in [0.717, 1.165) is 5.56 Å². The summed E-state index contributed by atoms with van der Waals surface area (Å²) in [4.78, 5) is 4.25. The number of benzene rings is 2. The number of nitrogens with two attached hydrogens (primary N) is 1. The van der Waals surface area contributed by atoms with Crippen LogP contribution < -0.4 is 5.73 Å². The molecule has 2 rings (SSSR count). The van der Waals surface area contributed by atoms with Crippen LogP contribution >= 0.6 is 46.4 Å². The molecule has 0 spiro atoms. The molecule has 2 aromatic rings. The largest absolute Gasteiger partial charge is 0.396 e. The lowest BCUT2D eigenvalue weighted by molar-refractivity contribution is 1.52. The highest BCUT2D eigenvalue weighted by Crippen LogP contribution is 2.32. The van der Waals surface area contributed by atoms with Gasteiger partial charge in [0.1, 0.15) is 0 Å². The monoisotopic (exact) mass is 332 g/mol. The number of nitrogen functional groups attached to an aromatic ring is 1. The molecule has 0 atom stereocenters.